The lowest BCUT2D eigenvalue weighted by Gasteiger charge is -2.28. The highest BCUT2D eigenvalue weighted by molar-refractivity contribution is 5.87. The maximum atomic E-state index is 13.0. The summed E-state index contributed by atoms with van der Waals surface area (Å²) in [5.74, 6) is -0.234. The van der Waals surface area contributed by atoms with Crippen molar-refractivity contribution in [1.29, 1.82) is 0 Å². The Balaban J connectivity index is 3.25. The van der Waals surface area contributed by atoms with Crippen molar-refractivity contribution in [2.75, 3.05) is 20.8 Å². The van der Waals surface area contributed by atoms with Gasteiger partial charge in [-0.2, -0.15) is 13.2 Å². The monoisotopic (exact) mass is 403 g/mol. The number of nitrogens with zero attached hydrogens (tertiary/aromatic N) is 1. The number of ether oxygens (including phenoxy) is 3. The third-order valence-corrected chi connectivity index (χ3v) is 3.33. The molecule has 0 aromatic heterocycles. The first-order valence-electron chi connectivity index (χ1n) is 8.32. The van der Waals surface area contributed by atoms with Gasteiger partial charge in [-0.1, -0.05) is 6.07 Å². The summed E-state index contributed by atoms with van der Waals surface area (Å²) in [6.07, 6.45) is -3.19. The number of alkyl halides is 3. The van der Waals surface area contributed by atoms with Gasteiger partial charge in [-0.25, -0.2) is 9.59 Å². The lowest BCUT2D eigenvalue weighted by molar-refractivity contribution is -0.145. The molecule has 0 radical (unpaired) electrons. The van der Waals surface area contributed by atoms with E-state index in [1.165, 1.54) is 26.4 Å². The van der Waals surface area contributed by atoms with Gasteiger partial charge in [0.05, 0.1) is 20.8 Å². The number of amides is 1. The molecule has 1 aromatic rings. The van der Waals surface area contributed by atoms with E-state index in [-0.39, 0.29) is 0 Å². The molecule has 0 heterocycles. The fourth-order valence-electron chi connectivity index (χ4n) is 2.17. The normalized spacial score (nSPS) is 12.0. The molecule has 0 atom stereocenters. The average molecular weight is 403 g/mol. The third kappa shape index (κ3) is 8.32. The molecule has 0 fully saturated rings. The van der Waals surface area contributed by atoms with Gasteiger partial charge in [0.15, 0.2) is 0 Å². The minimum Gasteiger partial charge on any atom is -0.497 e. The summed E-state index contributed by atoms with van der Waals surface area (Å²) in [5, 5.41) is 0. The molecule has 0 aliphatic carbocycles. The van der Waals surface area contributed by atoms with Gasteiger partial charge < -0.3 is 14.2 Å². The van der Waals surface area contributed by atoms with E-state index in [2.05, 4.69) is 4.74 Å². The number of hydrogen-bond donors (Lipinski definition) is 0. The zero-order chi connectivity index (χ0) is 21.5. The summed E-state index contributed by atoms with van der Waals surface area (Å²) in [4.78, 5) is 24.2. The molecule has 1 amide bonds. The molecule has 0 spiro atoms. The standard InChI is InChI=1S/C19H24F3NO5/c1-18(2,3)28-17(25)23(12-19(20,21)22)11-14-10-15(26-4)8-6-13(14)7-9-16(24)27-5/h6-10H,11-12H2,1-5H3. The Morgan fingerprint density at radius 2 is 1.79 bits per heavy atom. The highest BCUT2D eigenvalue weighted by atomic mass is 19.4. The maximum absolute atomic E-state index is 13.0. The van der Waals surface area contributed by atoms with Crippen molar-refractivity contribution < 1.29 is 37.0 Å². The Hall–Kier alpha value is -2.71. The largest absolute Gasteiger partial charge is 0.497 e. The van der Waals surface area contributed by atoms with Crippen LogP contribution < -0.4 is 4.74 Å². The smallest absolute Gasteiger partial charge is 0.410 e. The third-order valence-electron chi connectivity index (χ3n) is 3.33. The first-order valence-corrected chi connectivity index (χ1v) is 8.32. The molecule has 1 aromatic carbocycles. The molecule has 1 rings (SSSR count). The highest BCUT2D eigenvalue weighted by Gasteiger charge is 2.35. The number of carbonyl (C=O) groups excluding carboxylic acids is 2. The summed E-state index contributed by atoms with van der Waals surface area (Å²) in [6.45, 7) is 2.80. The van der Waals surface area contributed by atoms with Crippen molar-refractivity contribution >= 4 is 18.1 Å². The van der Waals surface area contributed by atoms with E-state index in [9.17, 15) is 22.8 Å². The predicted molar refractivity (Wildman–Crippen MR) is 96.7 cm³/mol. The van der Waals surface area contributed by atoms with Crippen LogP contribution in [0, 0.1) is 0 Å². The van der Waals surface area contributed by atoms with Crippen LogP contribution in [0.15, 0.2) is 24.3 Å². The average Bonchev–Trinajstić information content (AvgIpc) is 2.56. The van der Waals surface area contributed by atoms with Crippen LogP contribution in [0.5, 0.6) is 5.75 Å². The molecule has 0 aliphatic rings. The Labute approximate surface area is 161 Å². The van der Waals surface area contributed by atoms with E-state index in [1.807, 2.05) is 0 Å². The van der Waals surface area contributed by atoms with Crippen molar-refractivity contribution in [2.24, 2.45) is 0 Å². The summed E-state index contributed by atoms with van der Waals surface area (Å²) in [5.41, 5.74) is -0.181. The molecule has 9 heteroatoms. The molecule has 0 saturated heterocycles. The molecule has 156 valence electrons. The SMILES string of the molecule is COC(=O)C=Cc1ccc(OC)cc1CN(CC(F)(F)F)C(=O)OC(C)(C)C. The fraction of sp³-hybridized carbons (Fsp3) is 0.474. The Morgan fingerprint density at radius 1 is 1.14 bits per heavy atom. The molecule has 0 N–H and O–H groups in total. The molecule has 28 heavy (non-hydrogen) atoms. The lowest BCUT2D eigenvalue weighted by atomic mass is 10.1. The van der Waals surface area contributed by atoms with Gasteiger partial charge in [0.25, 0.3) is 0 Å². The van der Waals surface area contributed by atoms with Crippen LogP contribution in [-0.4, -0.2) is 49.5 Å². The summed E-state index contributed by atoms with van der Waals surface area (Å²) < 4.78 is 53.7. The summed E-state index contributed by atoms with van der Waals surface area (Å²) in [7, 11) is 2.61. The van der Waals surface area contributed by atoms with Crippen LogP contribution in [0.2, 0.25) is 0 Å². The Morgan fingerprint density at radius 3 is 2.29 bits per heavy atom. The maximum Gasteiger partial charge on any atom is 0.410 e. The number of carbonyl (C=O) groups is 2. The van der Waals surface area contributed by atoms with Crippen molar-refractivity contribution in [3.8, 4) is 5.75 Å². The molecular formula is C19H24F3NO5. The zero-order valence-electron chi connectivity index (χ0n) is 16.4. The minimum atomic E-state index is -4.61. The van der Waals surface area contributed by atoms with Gasteiger partial charge >= 0.3 is 18.2 Å². The Bertz CT molecular complexity index is 723. The van der Waals surface area contributed by atoms with Crippen LogP contribution >= 0.6 is 0 Å². The van der Waals surface area contributed by atoms with E-state index < -0.39 is 36.9 Å². The van der Waals surface area contributed by atoms with Crippen molar-refractivity contribution in [3.63, 3.8) is 0 Å². The number of hydrogen-bond acceptors (Lipinski definition) is 5. The topological polar surface area (TPSA) is 65.1 Å². The first kappa shape index (κ1) is 23.3. The number of methoxy groups -OCH3 is 2. The van der Waals surface area contributed by atoms with Gasteiger partial charge in [-0.05, 0) is 50.1 Å². The lowest BCUT2D eigenvalue weighted by Crippen LogP contribution is -2.41. The molecular weight excluding hydrogens is 379 g/mol. The summed E-state index contributed by atoms with van der Waals surface area (Å²) >= 11 is 0. The van der Waals surface area contributed by atoms with Gasteiger partial charge in [-0.3, -0.25) is 4.90 Å². The van der Waals surface area contributed by atoms with Crippen molar-refractivity contribution in [1.82, 2.24) is 4.90 Å². The number of rotatable bonds is 6. The second-order valence-corrected chi connectivity index (χ2v) is 6.87. The van der Waals surface area contributed by atoms with Gasteiger partial charge in [0.1, 0.15) is 17.9 Å². The quantitative estimate of drug-likeness (QED) is 0.527. The van der Waals surface area contributed by atoms with E-state index >= 15 is 0 Å². The number of halogens is 3. The van der Waals surface area contributed by atoms with Crippen LogP contribution in [0.1, 0.15) is 31.9 Å². The van der Waals surface area contributed by atoms with Gasteiger partial charge in [0, 0.05) is 6.08 Å². The van der Waals surface area contributed by atoms with Gasteiger partial charge in [0.2, 0.25) is 0 Å². The van der Waals surface area contributed by atoms with E-state index in [1.54, 1.807) is 32.9 Å². The van der Waals surface area contributed by atoms with Crippen LogP contribution in [0.25, 0.3) is 6.08 Å². The number of esters is 1. The second kappa shape index (κ2) is 9.48. The molecule has 6 nitrogen and oxygen atoms in total. The highest BCUT2D eigenvalue weighted by Crippen LogP contribution is 2.25. The van der Waals surface area contributed by atoms with Crippen molar-refractivity contribution in [3.05, 3.63) is 35.4 Å². The van der Waals surface area contributed by atoms with E-state index in [0.717, 1.165) is 6.08 Å². The van der Waals surface area contributed by atoms with Gasteiger partial charge in [-0.15, -0.1) is 0 Å². The molecule has 0 bridgehead atoms. The first-order chi connectivity index (χ1) is 12.8. The van der Waals surface area contributed by atoms with E-state index in [4.69, 9.17) is 9.47 Å². The van der Waals surface area contributed by atoms with Crippen LogP contribution in [0.4, 0.5) is 18.0 Å². The van der Waals surface area contributed by atoms with Crippen LogP contribution in [0.3, 0.4) is 0 Å². The van der Waals surface area contributed by atoms with Crippen molar-refractivity contribution in [2.45, 2.75) is 39.1 Å². The zero-order valence-corrected chi connectivity index (χ0v) is 16.4. The minimum absolute atomic E-state index is 0.342. The number of benzene rings is 1. The molecule has 0 saturated carbocycles. The molecule has 0 aliphatic heterocycles. The summed E-state index contributed by atoms with van der Waals surface area (Å²) in [6, 6.07) is 4.64. The Kier molecular flexibility index (Phi) is 7.89. The predicted octanol–water partition coefficient (Wildman–Crippen LogP) is 4.18. The van der Waals surface area contributed by atoms with E-state index in [0.29, 0.717) is 21.8 Å². The second-order valence-electron chi connectivity index (χ2n) is 6.87. The fourth-order valence-corrected chi connectivity index (χ4v) is 2.17. The van der Waals surface area contributed by atoms with Crippen LogP contribution in [-0.2, 0) is 20.8 Å². The molecule has 0 unspecified atom stereocenters.